The second-order valence-corrected chi connectivity index (χ2v) is 7.74. The number of sulfonamides is 1. The molecule has 1 aromatic carbocycles. The van der Waals surface area contributed by atoms with E-state index < -0.39 is 39.9 Å². The second-order valence-electron chi connectivity index (χ2n) is 5.54. The van der Waals surface area contributed by atoms with Crippen LogP contribution in [0.25, 0.3) is 5.65 Å². The lowest BCUT2D eigenvalue weighted by atomic mass is 10.2. The number of fused-ring (bicyclic) bond motifs is 1. The zero-order valence-corrected chi connectivity index (χ0v) is 15.2. The highest BCUT2D eigenvalue weighted by atomic mass is 35.5. The number of alkyl halides is 3. The molecule has 0 fully saturated rings. The number of carboxylic acid groups (broad SMARTS) is 1. The number of hydrogen-bond donors (Lipinski definition) is 2. The largest absolute Gasteiger partial charge is 0.478 e. The van der Waals surface area contributed by atoms with Gasteiger partial charge in [-0.3, -0.25) is 4.40 Å². The minimum atomic E-state index is -4.73. The highest BCUT2D eigenvalue weighted by Crippen LogP contribution is 2.33. The minimum absolute atomic E-state index is 0.138. The molecule has 0 atom stereocenters. The van der Waals surface area contributed by atoms with Gasteiger partial charge in [0.25, 0.3) is 0 Å². The zero-order valence-electron chi connectivity index (χ0n) is 13.6. The van der Waals surface area contributed by atoms with Crippen LogP contribution >= 0.6 is 11.6 Å². The summed E-state index contributed by atoms with van der Waals surface area (Å²) in [6.07, 6.45) is -3.60. The van der Waals surface area contributed by atoms with Crippen LogP contribution in [0.5, 0.6) is 0 Å². The van der Waals surface area contributed by atoms with Crippen LogP contribution in [0.3, 0.4) is 0 Å². The number of aromatic carboxylic acids is 1. The number of carbonyl (C=O) groups is 1. The van der Waals surface area contributed by atoms with Crippen LogP contribution in [0.4, 0.5) is 13.2 Å². The van der Waals surface area contributed by atoms with E-state index in [-0.39, 0.29) is 21.3 Å². The Morgan fingerprint density at radius 2 is 1.96 bits per heavy atom. The second kappa shape index (κ2) is 7.04. The van der Waals surface area contributed by atoms with Crippen LogP contribution in [-0.2, 0) is 22.7 Å². The van der Waals surface area contributed by atoms with Crippen LogP contribution < -0.4 is 4.72 Å². The first kappa shape index (κ1) is 20.0. The van der Waals surface area contributed by atoms with Gasteiger partial charge in [-0.25, -0.2) is 17.9 Å². The standard InChI is InChI=1S/C15H10ClF3N4O4S/c16-9-5-11(15(17,18)19)13-22-21-12(23(13)7-9)6-20-28(26,27)10-3-1-2-8(4-10)14(24)25/h1-5,7,20H,6H2,(H,24,25). The van der Waals surface area contributed by atoms with Crippen molar-refractivity contribution < 1.29 is 31.5 Å². The normalized spacial score (nSPS) is 12.4. The average molecular weight is 435 g/mol. The first-order valence-electron chi connectivity index (χ1n) is 7.42. The molecule has 2 N–H and O–H groups in total. The number of halogens is 4. The number of pyridine rings is 1. The van der Waals surface area contributed by atoms with Crippen molar-refractivity contribution in [1.82, 2.24) is 19.3 Å². The van der Waals surface area contributed by atoms with Gasteiger partial charge in [-0.1, -0.05) is 17.7 Å². The molecule has 0 unspecified atom stereocenters. The van der Waals surface area contributed by atoms with E-state index in [2.05, 4.69) is 14.9 Å². The Kier molecular flexibility index (Phi) is 5.04. The molecule has 13 heteroatoms. The van der Waals surface area contributed by atoms with E-state index in [1.807, 2.05) is 0 Å². The summed E-state index contributed by atoms with van der Waals surface area (Å²) in [7, 11) is -4.16. The molecule has 0 spiro atoms. The van der Waals surface area contributed by atoms with Crippen molar-refractivity contribution in [3.63, 3.8) is 0 Å². The molecule has 0 saturated heterocycles. The molecule has 0 radical (unpaired) electrons. The minimum Gasteiger partial charge on any atom is -0.478 e. The molecule has 2 aromatic heterocycles. The SMILES string of the molecule is O=C(O)c1cccc(S(=O)(=O)NCc2nnc3c(C(F)(F)F)cc(Cl)cn23)c1. The quantitative estimate of drug-likeness (QED) is 0.638. The lowest BCUT2D eigenvalue weighted by Gasteiger charge is -2.09. The smallest absolute Gasteiger partial charge is 0.420 e. The molecule has 0 aliphatic rings. The molecule has 0 aliphatic heterocycles. The monoisotopic (exact) mass is 434 g/mol. The summed E-state index contributed by atoms with van der Waals surface area (Å²) in [6.45, 7) is -0.502. The molecule has 28 heavy (non-hydrogen) atoms. The van der Waals surface area contributed by atoms with Crippen LogP contribution in [0.1, 0.15) is 21.7 Å². The Hall–Kier alpha value is -2.70. The fraction of sp³-hybridized carbons (Fsp3) is 0.133. The predicted octanol–water partition coefficient (Wildman–Crippen LogP) is 2.58. The van der Waals surface area contributed by atoms with Gasteiger partial charge in [0.15, 0.2) is 11.5 Å². The lowest BCUT2D eigenvalue weighted by molar-refractivity contribution is -0.136. The molecule has 3 rings (SSSR count). The van der Waals surface area contributed by atoms with Gasteiger partial charge in [-0.05, 0) is 24.3 Å². The van der Waals surface area contributed by atoms with E-state index in [1.165, 1.54) is 18.2 Å². The third kappa shape index (κ3) is 3.93. The van der Waals surface area contributed by atoms with E-state index in [1.54, 1.807) is 0 Å². The first-order valence-corrected chi connectivity index (χ1v) is 9.28. The van der Waals surface area contributed by atoms with Crippen molar-refractivity contribution in [1.29, 1.82) is 0 Å². The van der Waals surface area contributed by atoms with Crippen LogP contribution in [0.15, 0.2) is 41.4 Å². The number of nitrogens with one attached hydrogen (secondary N) is 1. The summed E-state index contributed by atoms with van der Waals surface area (Å²) in [5, 5.41) is 15.8. The third-order valence-corrected chi connectivity index (χ3v) is 5.26. The van der Waals surface area contributed by atoms with Gasteiger partial charge in [-0.2, -0.15) is 13.2 Å². The molecule has 0 amide bonds. The summed E-state index contributed by atoms with van der Waals surface area (Å²) in [5.74, 6) is -1.45. The van der Waals surface area contributed by atoms with Gasteiger partial charge in [-0.15, -0.1) is 10.2 Å². The van der Waals surface area contributed by atoms with Gasteiger partial charge in [0.1, 0.15) is 5.56 Å². The molecule has 3 aromatic rings. The first-order chi connectivity index (χ1) is 13.0. The number of benzene rings is 1. The van der Waals surface area contributed by atoms with Crippen molar-refractivity contribution in [3.05, 3.63) is 58.5 Å². The third-order valence-electron chi connectivity index (χ3n) is 3.66. The lowest BCUT2D eigenvalue weighted by Crippen LogP contribution is -2.24. The van der Waals surface area contributed by atoms with Gasteiger partial charge in [0.05, 0.1) is 22.0 Å². The van der Waals surface area contributed by atoms with Crippen LogP contribution in [0, 0.1) is 0 Å². The van der Waals surface area contributed by atoms with E-state index in [0.29, 0.717) is 6.07 Å². The van der Waals surface area contributed by atoms with E-state index in [0.717, 1.165) is 16.7 Å². The number of rotatable bonds is 5. The predicted molar refractivity (Wildman–Crippen MR) is 90.4 cm³/mol. The fourth-order valence-corrected chi connectivity index (χ4v) is 3.61. The van der Waals surface area contributed by atoms with Crippen molar-refractivity contribution in [2.24, 2.45) is 0 Å². The van der Waals surface area contributed by atoms with E-state index in [9.17, 15) is 26.4 Å². The molecule has 0 saturated carbocycles. The van der Waals surface area contributed by atoms with E-state index >= 15 is 0 Å². The van der Waals surface area contributed by atoms with Crippen LogP contribution in [0.2, 0.25) is 5.02 Å². The summed E-state index contributed by atoms with van der Waals surface area (Å²) < 4.78 is 67.1. The molecule has 0 bridgehead atoms. The van der Waals surface area contributed by atoms with Gasteiger partial charge in [0, 0.05) is 6.20 Å². The zero-order chi connectivity index (χ0) is 20.7. The molecular weight excluding hydrogens is 425 g/mol. The highest BCUT2D eigenvalue weighted by Gasteiger charge is 2.35. The molecular formula is C15H10ClF3N4O4S. The Bertz CT molecular complexity index is 1180. The van der Waals surface area contributed by atoms with Gasteiger partial charge in [0.2, 0.25) is 10.0 Å². The number of nitrogens with zero attached hydrogens (tertiary/aromatic N) is 3. The summed E-state index contributed by atoms with van der Waals surface area (Å²) in [5.41, 5.74) is -1.88. The molecule has 2 heterocycles. The average Bonchev–Trinajstić information content (AvgIpc) is 3.01. The maximum Gasteiger partial charge on any atom is 0.420 e. The van der Waals surface area contributed by atoms with Crippen molar-refractivity contribution >= 4 is 33.2 Å². The highest BCUT2D eigenvalue weighted by molar-refractivity contribution is 7.89. The Morgan fingerprint density at radius 3 is 2.61 bits per heavy atom. The maximum atomic E-state index is 13.1. The van der Waals surface area contributed by atoms with Crippen LogP contribution in [-0.4, -0.2) is 34.1 Å². The number of hydrogen-bond acceptors (Lipinski definition) is 5. The molecule has 148 valence electrons. The summed E-state index contributed by atoms with van der Waals surface area (Å²) in [4.78, 5) is 10.7. The number of aromatic nitrogens is 3. The Labute approximate surface area is 160 Å². The summed E-state index contributed by atoms with van der Waals surface area (Å²) in [6, 6.07) is 5.28. The topological polar surface area (TPSA) is 114 Å². The van der Waals surface area contributed by atoms with Gasteiger partial charge < -0.3 is 5.11 Å². The van der Waals surface area contributed by atoms with Gasteiger partial charge >= 0.3 is 12.1 Å². The maximum absolute atomic E-state index is 13.1. The fourth-order valence-electron chi connectivity index (χ4n) is 2.37. The summed E-state index contributed by atoms with van der Waals surface area (Å²) >= 11 is 5.72. The molecule has 0 aliphatic carbocycles. The Balaban J connectivity index is 1.93. The number of carboxylic acids is 1. The van der Waals surface area contributed by atoms with Crippen molar-refractivity contribution in [2.75, 3.05) is 0 Å². The van der Waals surface area contributed by atoms with E-state index in [4.69, 9.17) is 16.7 Å². The van der Waals surface area contributed by atoms with Crippen molar-refractivity contribution in [3.8, 4) is 0 Å². The van der Waals surface area contributed by atoms with Crippen molar-refractivity contribution in [2.45, 2.75) is 17.6 Å². The molecule has 8 nitrogen and oxygen atoms in total. The Morgan fingerprint density at radius 1 is 1.25 bits per heavy atom.